The summed E-state index contributed by atoms with van der Waals surface area (Å²) in [6, 6.07) is 7.76. The van der Waals surface area contributed by atoms with Crippen LogP contribution in [-0.4, -0.2) is 28.7 Å². The molecule has 0 aliphatic heterocycles. The molecule has 1 heterocycles. The van der Waals surface area contributed by atoms with E-state index >= 15 is 0 Å². The average Bonchev–Trinajstić information content (AvgIpc) is 2.98. The van der Waals surface area contributed by atoms with E-state index in [4.69, 9.17) is 0 Å². The minimum atomic E-state index is -0.307. The molecule has 0 spiro atoms. The molecule has 5 nitrogen and oxygen atoms in total. The van der Waals surface area contributed by atoms with Crippen LogP contribution in [0.3, 0.4) is 0 Å². The highest BCUT2D eigenvalue weighted by molar-refractivity contribution is 5.75. The summed E-state index contributed by atoms with van der Waals surface area (Å²) in [4.78, 5) is 15.3. The van der Waals surface area contributed by atoms with E-state index in [-0.39, 0.29) is 12.0 Å². The molecular weight excluding hydrogens is 242 g/mol. The second kappa shape index (κ2) is 6.15. The number of rotatable bonds is 5. The number of ether oxygens (including phenoxy) is 1. The van der Waals surface area contributed by atoms with Gasteiger partial charge in [0.1, 0.15) is 6.04 Å². The Hall–Kier alpha value is -2.14. The van der Waals surface area contributed by atoms with Crippen LogP contribution in [0.5, 0.6) is 0 Å². The van der Waals surface area contributed by atoms with Gasteiger partial charge in [0.25, 0.3) is 0 Å². The summed E-state index contributed by atoms with van der Waals surface area (Å²) in [5.74, 6) is -0.255. The third-order valence-electron chi connectivity index (χ3n) is 2.91. The number of carbonyl (C=O) groups excluding carboxylic acids is 1. The molecule has 1 N–H and O–H groups in total. The first-order chi connectivity index (χ1) is 9.20. The molecule has 0 saturated carbocycles. The molecule has 100 valence electrons. The largest absolute Gasteiger partial charge is 0.468 e. The molecule has 0 amide bonds. The van der Waals surface area contributed by atoms with E-state index in [2.05, 4.69) is 15.0 Å². The van der Waals surface area contributed by atoms with E-state index < -0.39 is 0 Å². The molecular formula is C14H17N3O2. The molecule has 19 heavy (non-hydrogen) atoms. The van der Waals surface area contributed by atoms with Crippen molar-refractivity contribution >= 4 is 5.97 Å². The fraction of sp³-hybridized carbons (Fsp3) is 0.286. The zero-order valence-electron chi connectivity index (χ0n) is 11.0. The fourth-order valence-electron chi connectivity index (χ4n) is 1.73. The van der Waals surface area contributed by atoms with E-state index in [1.165, 1.54) is 7.11 Å². The van der Waals surface area contributed by atoms with Crippen LogP contribution < -0.4 is 5.32 Å². The number of nitrogens with one attached hydrogen (secondary N) is 1. The van der Waals surface area contributed by atoms with Gasteiger partial charge in [0.15, 0.2) is 0 Å². The summed E-state index contributed by atoms with van der Waals surface area (Å²) in [6.45, 7) is 2.41. The van der Waals surface area contributed by atoms with Crippen molar-refractivity contribution in [3.63, 3.8) is 0 Å². The predicted octanol–water partition coefficient (Wildman–Crippen LogP) is 1.52. The Labute approximate surface area is 112 Å². The van der Waals surface area contributed by atoms with Crippen molar-refractivity contribution in [3.8, 4) is 5.69 Å². The van der Waals surface area contributed by atoms with Gasteiger partial charge < -0.3 is 14.6 Å². The highest BCUT2D eigenvalue weighted by Gasteiger charge is 2.11. The highest BCUT2D eigenvalue weighted by Crippen LogP contribution is 2.09. The molecule has 2 rings (SSSR count). The molecule has 1 atom stereocenters. The standard InChI is InChI=1S/C14H17N3O2/c1-11(14(18)19-2)16-9-12-3-5-13(6-4-12)17-8-7-15-10-17/h3-8,10-11,16H,9H2,1-2H3/t11-/m0/s1. The summed E-state index contributed by atoms with van der Waals surface area (Å²) in [7, 11) is 1.39. The number of aromatic nitrogens is 2. The lowest BCUT2D eigenvalue weighted by atomic mass is 10.2. The number of hydrogen-bond acceptors (Lipinski definition) is 4. The molecule has 0 aliphatic carbocycles. The smallest absolute Gasteiger partial charge is 0.322 e. The normalized spacial score (nSPS) is 12.1. The molecule has 1 aromatic carbocycles. The van der Waals surface area contributed by atoms with Crippen LogP contribution in [0.15, 0.2) is 43.0 Å². The van der Waals surface area contributed by atoms with Crippen molar-refractivity contribution < 1.29 is 9.53 Å². The summed E-state index contributed by atoms with van der Waals surface area (Å²) in [6.07, 6.45) is 5.40. The Morgan fingerprint density at radius 1 is 1.42 bits per heavy atom. The van der Waals surface area contributed by atoms with E-state index in [9.17, 15) is 4.79 Å². The second-order valence-corrected chi connectivity index (χ2v) is 4.26. The minimum Gasteiger partial charge on any atom is -0.468 e. The summed E-state index contributed by atoms with van der Waals surface area (Å²) in [5.41, 5.74) is 2.17. The van der Waals surface area contributed by atoms with Gasteiger partial charge in [0, 0.05) is 24.6 Å². The van der Waals surface area contributed by atoms with Crippen LogP contribution in [0.25, 0.3) is 5.69 Å². The van der Waals surface area contributed by atoms with Crippen LogP contribution in [0, 0.1) is 0 Å². The molecule has 2 aromatic rings. The third kappa shape index (κ3) is 3.42. The van der Waals surface area contributed by atoms with Crippen LogP contribution >= 0.6 is 0 Å². The zero-order valence-corrected chi connectivity index (χ0v) is 11.0. The van der Waals surface area contributed by atoms with Crippen LogP contribution in [0.1, 0.15) is 12.5 Å². The summed E-state index contributed by atoms with van der Waals surface area (Å²) in [5, 5.41) is 3.11. The van der Waals surface area contributed by atoms with Gasteiger partial charge in [-0.2, -0.15) is 0 Å². The monoisotopic (exact) mass is 259 g/mol. The van der Waals surface area contributed by atoms with Crippen LogP contribution in [-0.2, 0) is 16.1 Å². The summed E-state index contributed by atoms with van der Waals surface area (Å²) >= 11 is 0. The van der Waals surface area contributed by atoms with Gasteiger partial charge in [-0.3, -0.25) is 4.79 Å². The van der Waals surface area contributed by atoms with Crippen molar-refractivity contribution in [1.82, 2.24) is 14.9 Å². The summed E-state index contributed by atoms with van der Waals surface area (Å²) < 4.78 is 6.60. The molecule has 0 saturated heterocycles. The molecule has 0 aliphatic rings. The molecule has 0 unspecified atom stereocenters. The topological polar surface area (TPSA) is 56.1 Å². The van der Waals surface area contributed by atoms with Crippen LogP contribution in [0.2, 0.25) is 0 Å². The van der Waals surface area contributed by atoms with Gasteiger partial charge in [0.2, 0.25) is 0 Å². The number of benzene rings is 1. The number of hydrogen-bond donors (Lipinski definition) is 1. The van der Waals surface area contributed by atoms with Crippen molar-refractivity contribution in [2.24, 2.45) is 0 Å². The predicted molar refractivity (Wildman–Crippen MR) is 71.9 cm³/mol. The van der Waals surface area contributed by atoms with E-state index in [1.54, 1.807) is 19.4 Å². The second-order valence-electron chi connectivity index (χ2n) is 4.26. The first kappa shape index (κ1) is 13.3. The van der Waals surface area contributed by atoms with Gasteiger partial charge in [-0.15, -0.1) is 0 Å². The van der Waals surface area contributed by atoms with Gasteiger partial charge >= 0.3 is 5.97 Å². The highest BCUT2D eigenvalue weighted by atomic mass is 16.5. The number of imidazole rings is 1. The lowest BCUT2D eigenvalue weighted by Crippen LogP contribution is -2.34. The molecule has 0 fully saturated rings. The Balaban J connectivity index is 1.94. The SMILES string of the molecule is COC(=O)[C@H](C)NCc1ccc(-n2ccnc2)cc1. The van der Waals surface area contributed by atoms with Crippen molar-refractivity contribution in [3.05, 3.63) is 48.5 Å². The number of methoxy groups -OCH3 is 1. The maximum atomic E-state index is 11.2. The van der Waals surface area contributed by atoms with Gasteiger partial charge in [0.05, 0.1) is 13.4 Å². The van der Waals surface area contributed by atoms with Crippen molar-refractivity contribution in [2.45, 2.75) is 19.5 Å². The average molecular weight is 259 g/mol. The Morgan fingerprint density at radius 2 is 2.16 bits per heavy atom. The minimum absolute atomic E-state index is 0.255. The van der Waals surface area contributed by atoms with Crippen molar-refractivity contribution in [2.75, 3.05) is 7.11 Å². The van der Waals surface area contributed by atoms with Crippen molar-refractivity contribution in [1.29, 1.82) is 0 Å². The van der Waals surface area contributed by atoms with Crippen LogP contribution in [0.4, 0.5) is 0 Å². The first-order valence-corrected chi connectivity index (χ1v) is 6.09. The maximum Gasteiger partial charge on any atom is 0.322 e. The Morgan fingerprint density at radius 3 is 2.74 bits per heavy atom. The van der Waals surface area contributed by atoms with Gasteiger partial charge in [-0.1, -0.05) is 12.1 Å². The maximum absolute atomic E-state index is 11.2. The lowest BCUT2D eigenvalue weighted by molar-refractivity contribution is -0.142. The fourth-order valence-corrected chi connectivity index (χ4v) is 1.73. The molecule has 0 radical (unpaired) electrons. The zero-order chi connectivity index (χ0) is 13.7. The van der Waals surface area contributed by atoms with E-state index in [1.807, 2.05) is 35.0 Å². The molecule has 1 aromatic heterocycles. The first-order valence-electron chi connectivity index (χ1n) is 6.09. The third-order valence-corrected chi connectivity index (χ3v) is 2.91. The quantitative estimate of drug-likeness (QED) is 0.827. The lowest BCUT2D eigenvalue weighted by Gasteiger charge is -2.11. The number of nitrogens with zero attached hydrogens (tertiary/aromatic N) is 2. The van der Waals surface area contributed by atoms with E-state index in [0.29, 0.717) is 6.54 Å². The van der Waals surface area contributed by atoms with E-state index in [0.717, 1.165) is 11.3 Å². The molecule has 5 heteroatoms. The number of carbonyl (C=O) groups is 1. The Bertz CT molecular complexity index is 520. The number of esters is 1. The Kier molecular flexibility index (Phi) is 4.30. The molecule has 0 bridgehead atoms. The van der Waals surface area contributed by atoms with Gasteiger partial charge in [-0.05, 0) is 24.6 Å². The van der Waals surface area contributed by atoms with Gasteiger partial charge in [-0.25, -0.2) is 4.98 Å².